The number of nitrogen functional groups attached to an aromatic ring is 1. The molecule has 0 spiro atoms. The molecule has 0 radical (unpaired) electrons. The van der Waals surface area contributed by atoms with E-state index < -0.39 is 0 Å². The number of hydrogen-bond acceptors (Lipinski definition) is 4. The third-order valence-corrected chi connectivity index (χ3v) is 3.09. The van der Waals surface area contributed by atoms with Crippen molar-refractivity contribution in [1.29, 1.82) is 0 Å². The van der Waals surface area contributed by atoms with Gasteiger partial charge in [0.2, 0.25) is 0 Å². The molecular formula is C16H21N3O. The van der Waals surface area contributed by atoms with Gasteiger partial charge in [-0.3, -0.25) is 0 Å². The van der Waals surface area contributed by atoms with Crippen molar-refractivity contribution in [3.05, 3.63) is 48.2 Å². The number of benzene rings is 1. The van der Waals surface area contributed by atoms with Crippen LogP contribution in [0.4, 0.5) is 11.5 Å². The van der Waals surface area contributed by atoms with Crippen LogP contribution in [0, 0.1) is 0 Å². The summed E-state index contributed by atoms with van der Waals surface area (Å²) in [6.07, 6.45) is 2.84. The molecule has 1 heterocycles. The van der Waals surface area contributed by atoms with Crippen LogP contribution in [-0.2, 0) is 6.54 Å². The Morgan fingerprint density at radius 3 is 2.80 bits per heavy atom. The van der Waals surface area contributed by atoms with Crippen molar-refractivity contribution in [2.24, 2.45) is 0 Å². The van der Waals surface area contributed by atoms with E-state index in [-0.39, 0.29) is 0 Å². The highest BCUT2D eigenvalue weighted by Crippen LogP contribution is 2.26. The van der Waals surface area contributed by atoms with Crippen molar-refractivity contribution in [3.8, 4) is 5.75 Å². The minimum absolute atomic E-state index is 0.770. The van der Waals surface area contributed by atoms with Crippen LogP contribution >= 0.6 is 0 Å². The Morgan fingerprint density at radius 2 is 2.10 bits per heavy atom. The molecule has 0 aliphatic carbocycles. The van der Waals surface area contributed by atoms with Crippen LogP contribution in [0.3, 0.4) is 0 Å². The van der Waals surface area contributed by atoms with Gasteiger partial charge in [0, 0.05) is 25.0 Å². The van der Waals surface area contributed by atoms with E-state index in [0.717, 1.165) is 36.8 Å². The summed E-state index contributed by atoms with van der Waals surface area (Å²) >= 11 is 0. The van der Waals surface area contributed by atoms with E-state index >= 15 is 0 Å². The predicted octanol–water partition coefficient (Wildman–Crippen LogP) is 3.09. The average molecular weight is 271 g/mol. The standard InChI is InChI=1S/C16H21N3O/c1-3-10-19(12-13-6-4-7-14(17)11-13)16-15(20-2)8-5-9-18-16/h4-9,11H,3,10,12,17H2,1-2H3. The van der Waals surface area contributed by atoms with Gasteiger partial charge in [-0.1, -0.05) is 19.1 Å². The first kappa shape index (κ1) is 14.2. The van der Waals surface area contributed by atoms with Gasteiger partial charge >= 0.3 is 0 Å². The molecule has 0 aliphatic rings. The highest BCUT2D eigenvalue weighted by Gasteiger charge is 2.13. The molecule has 0 bridgehead atoms. The maximum absolute atomic E-state index is 5.84. The highest BCUT2D eigenvalue weighted by molar-refractivity contribution is 5.53. The molecule has 106 valence electrons. The molecule has 20 heavy (non-hydrogen) atoms. The first-order chi connectivity index (χ1) is 9.74. The number of hydrogen-bond donors (Lipinski definition) is 1. The van der Waals surface area contributed by atoms with Gasteiger partial charge in [0.05, 0.1) is 7.11 Å². The molecule has 0 aliphatic heterocycles. The number of aromatic nitrogens is 1. The van der Waals surface area contributed by atoms with Crippen LogP contribution in [0.25, 0.3) is 0 Å². The van der Waals surface area contributed by atoms with E-state index in [1.807, 2.05) is 30.3 Å². The van der Waals surface area contributed by atoms with E-state index in [4.69, 9.17) is 10.5 Å². The van der Waals surface area contributed by atoms with Crippen molar-refractivity contribution in [2.45, 2.75) is 19.9 Å². The quantitative estimate of drug-likeness (QED) is 0.820. The van der Waals surface area contributed by atoms with Gasteiger partial charge in [0.25, 0.3) is 0 Å². The lowest BCUT2D eigenvalue weighted by Crippen LogP contribution is -2.25. The first-order valence-corrected chi connectivity index (χ1v) is 6.83. The fourth-order valence-electron chi connectivity index (χ4n) is 2.22. The lowest BCUT2D eigenvalue weighted by molar-refractivity contribution is 0.412. The molecule has 4 heteroatoms. The van der Waals surface area contributed by atoms with E-state index in [0.29, 0.717) is 0 Å². The molecule has 0 fully saturated rings. The Hall–Kier alpha value is -2.23. The first-order valence-electron chi connectivity index (χ1n) is 6.83. The molecule has 0 saturated carbocycles. The van der Waals surface area contributed by atoms with Crippen LogP contribution in [-0.4, -0.2) is 18.6 Å². The summed E-state index contributed by atoms with van der Waals surface area (Å²) in [6, 6.07) is 11.8. The zero-order valence-corrected chi connectivity index (χ0v) is 12.0. The monoisotopic (exact) mass is 271 g/mol. The number of methoxy groups -OCH3 is 1. The normalized spacial score (nSPS) is 10.3. The van der Waals surface area contributed by atoms with Crippen molar-refractivity contribution in [2.75, 3.05) is 24.3 Å². The Kier molecular flexibility index (Phi) is 4.82. The second-order valence-electron chi connectivity index (χ2n) is 4.70. The van der Waals surface area contributed by atoms with Gasteiger partial charge in [-0.25, -0.2) is 4.98 Å². The number of pyridine rings is 1. The predicted molar refractivity (Wildman–Crippen MR) is 83.0 cm³/mol. The zero-order valence-electron chi connectivity index (χ0n) is 12.0. The van der Waals surface area contributed by atoms with E-state index in [1.54, 1.807) is 13.3 Å². The van der Waals surface area contributed by atoms with Crippen LogP contribution in [0.2, 0.25) is 0 Å². The summed E-state index contributed by atoms with van der Waals surface area (Å²) in [5.41, 5.74) is 7.80. The minimum Gasteiger partial charge on any atom is -0.493 e. The molecule has 0 saturated heterocycles. The van der Waals surface area contributed by atoms with Crippen molar-refractivity contribution in [3.63, 3.8) is 0 Å². The summed E-state index contributed by atoms with van der Waals surface area (Å²) in [5.74, 6) is 1.67. The lowest BCUT2D eigenvalue weighted by Gasteiger charge is -2.25. The highest BCUT2D eigenvalue weighted by atomic mass is 16.5. The number of nitrogens with zero attached hydrogens (tertiary/aromatic N) is 2. The molecule has 4 nitrogen and oxygen atoms in total. The smallest absolute Gasteiger partial charge is 0.171 e. The van der Waals surface area contributed by atoms with Crippen LogP contribution in [0.5, 0.6) is 5.75 Å². The SMILES string of the molecule is CCCN(Cc1cccc(N)c1)c1ncccc1OC. The van der Waals surface area contributed by atoms with Crippen LogP contribution in [0.15, 0.2) is 42.6 Å². The maximum atomic E-state index is 5.84. The summed E-state index contributed by atoms with van der Waals surface area (Å²) < 4.78 is 5.41. The van der Waals surface area contributed by atoms with Gasteiger partial charge in [-0.05, 0) is 36.2 Å². The molecule has 0 amide bonds. The molecule has 1 aromatic carbocycles. The van der Waals surface area contributed by atoms with E-state index in [2.05, 4.69) is 22.9 Å². The van der Waals surface area contributed by atoms with Gasteiger partial charge in [0.15, 0.2) is 11.6 Å². The van der Waals surface area contributed by atoms with Crippen molar-refractivity contribution >= 4 is 11.5 Å². The summed E-state index contributed by atoms with van der Waals surface area (Å²) in [5, 5.41) is 0. The lowest BCUT2D eigenvalue weighted by atomic mass is 10.2. The average Bonchev–Trinajstić information content (AvgIpc) is 2.47. The fourth-order valence-corrected chi connectivity index (χ4v) is 2.22. The van der Waals surface area contributed by atoms with Crippen molar-refractivity contribution in [1.82, 2.24) is 4.98 Å². The Bertz CT molecular complexity index is 557. The molecule has 0 unspecified atom stereocenters. The Balaban J connectivity index is 2.26. The van der Waals surface area contributed by atoms with Gasteiger partial charge in [-0.15, -0.1) is 0 Å². The van der Waals surface area contributed by atoms with Crippen molar-refractivity contribution < 1.29 is 4.74 Å². The fraction of sp³-hybridized carbons (Fsp3) is 0.312. The second kappa shape index (κ2) is 6.80. The molecule has 1 aromatic heterocycles. The number of rotatable bonds is 6. The number of nitrogens with two attached hydrogens (primary N) is 1. The minimum atomic E-state index is 0.770. The second-order valence-corrected chi connectivity index (χ2v) is 4.70. The third kappa shape index (κ3) is 3.41. The van der Waals surface area contributed by atoms with Gasteiger partial charge in [0.1, 0.15) is 0 Å². The molecule has 2 aromatic rings. The van der Waals surface area contributed by atoms with Gasteiger partial charge < -0.3 is 15.4 Å². The summed E-state index contributed by atoms with van der Waals surface area (Å²) in [7, 11) is 1.67. The molecular weight excluding hydrogens is 250 g/mol. The summed E-state index contributed by atoms with van der Waals surface area (Å²) in [6.45, 7) is 3.84. The molecule has 2 rings (SSSR count). The number of ether oxygens (including phenoxy) is 1. The summed E-state index contributed by atoms with van der Waals surface area (Å²) in [4.78, 5) is 6.67. The topological polar surface area (TPSA) is 51.4 Å². The Morgan fingerprint density at radius 1 is 1.25 bits per heavy atom. The zero-order chi connectivity index (χ0) is 14.4. The number of anilines is 2. The Labute approximate surface area is 120 Å². The molecule has 2 N–H and O–H groups in total. The largest absolute Gasteiger partial charge is 0.493 e. The van der Waals surface area contributed by atoms with Crippen LogP contribution in [0.1, 0.15) is 18.9 Å². The molecule has 0 atom stereocenters. The maximum Gasteiger partial charge on any atom is 0.171 e. The van der Waals surface area contributed by atoms with E-state index in [1.165, 1.54) is 5.56 Å². The van der Waals surface area contributed by atoms with Gasteiger partial charge in [-0.2, -0.15) is 0 Å². The third-order valence-electron chi connectivity index (χ3n) is 3.09. The van der Waals surface area contributed by atoms with Crippen LogP contribution < -0.4 is 15.4 Å². The van der Waals surface area contributed by atoms with E-state index in [9.17, 15) is 0 Å².